The van der Waals surface area contributed by atoms with Crippen molar-refractivity contribution in [3.05, 3.63) is 59.9 Å². The summed E-state index contributed by atoms with van der Waals surface area (Å²) >= 11 is 0. The maximum Gasteiger partial charge on any atom is 0.251 e. The molecule has 5 heteroatoms. The highest BCUT2D eigenvalue weighted by molar-refractivity contribution is 5.94. The number of nitrogens with zero attached hydrogens (tertiary/aromatic N) is 2. The fourth-order valence-corrected chi connectivity index (χ4v) is 2.44. The second kappa shape index (κ2) is 6.12. The van der Waals surface area contributed by atoms with E-state index in [9.17, 15) is 4.79 Å². The fourth-order valence-electron chi connectivity index (χ4n) is 2.44. The largest absolute Gasteiger partial charge is 0.378 e. The molecule has 2 aromatic carbocycles. The highest BCUT2D eigenvalue weighted by Gasteiger charge is 2.14. The van der Waals surface area contributed by atoms with E-state index >= 15 is 0 Å². The number of aromatic nitrogens is 2. The summed E-state index contributed by atoms with van der Waals surface area (Å²) in [5.74, 6) is 0.646. The Hall–Kier alpha value is -2.82. The van der Waals surface area contributed by atoms with Crippen molar-refractivity contribution in [1.29, 1.82) is 0 Å². The van der Waals surface area contributed by atoms with Crippen LogP contribution in [0.1, 0.15) is 29.1 Å². The zero-order chi connectivity index (χ0) is 16.4. The number of aromatic amines is 1. The van der Waals surface area contributed by atoms with Crippen molar-refractivity contribution < 1.29 is 4.79 Å². The highest BCUT2D eigenvalue weighted by Crippen LogP contribution is 2.17. The van der Waals surface area contributed by atoms with Crippen molar-refractivity contribution in [1.82, 2.24) is 15.3 Å². The number of amides is 1. The van der Waals surface area contributed by atoms with Gasteiger partial charge in [-0.1, -0.05) is 12.1 Å². The minimum atomic E-state index is -0.191. The summed E-state index contributed by atoms with van der Waals surface area (Å²) in [6, 6.07) is 15.2. The van der Waals surface area contributed by atoms with Gasteiger partial charge in [0.2, 0.25) is 0 Å². The van der Waals surface area contributed by atoms with Crippen molar-refractivity contribution in [2.45, 2.75) is 13.0 Å². The molecule has 0 unspecified atom stereocenters. The highest BCUT2D eigenvalue weighted by atomic mass is 16.1. The number of anilines is 1. The molecule has 3 aromatic rings. The molecule has 0 aliphatic heterocycles. The lowest BCUT2D eigenvalue weighted by atomic mass is 10.1. The van der Waals surface area contributed by atoms with Gasteiger partial charge in [-0.05, 0) is 43.3 Å². The van der Waals surface area contributed by atoms with Gasteiger partial charge in [0.15, 0.2) is 0 Å². The van der Waals surface area contributed by atoms with E-state index < -0.39 is 0 Å². The van der Waals surface area contributed by atoms with E-state index in [0.717, 1.165) is 22.5 Å². The molecule has 0 radical (unpaired) electrons. The summed E-state index contributed by atoms with van der Waals surface area (Å²) in [7, 11) is 3.94. The van der Waals surface area contributed by atoms with Crippen LogP contribution in [-0.2, 0) is 0 Å². The molecule has 0 aliphatic carbocycles. The SMILES string of the molecule is C[C@@H](NC(=O)c1ccc(N(C)C)cc1)c1nc2ccccc2[nH]1. The Labute approximate surface area is 135 Å². The lowest BCUT2D eigenvalue weighted by molar-refractivity contribution is 0.0938. The molecule has 0 fully saturated rings. The number of fused-ring (bicyclic) bond motifs is 1. The number of para-hydroxylation sites is 2. The molecule has 1 heterocycles. The number of hydrogen-bond donors (Lipinski definition) is 2. The third kappa shape index (κ3) is 3.18. The fraction of sp³-hybridized carbons (Fsp3) is 0.222. The molecule has 1 amide bonds. The van der Waals surface area contributed by atoms with E-state index in [1.165, 1.54) is 0 Å². The lowest BCUT2D eigenvalue weighted by Gasteiger charge is -2.14. The van der Waals surface area contributed by atoms with E-state index in [0.29, 0.717) is 5.56 Å². The molecule has 5 nitrogen and oxygen atoms in total. The van der Waals surface area contributed by atoms with Crippen LogP contribution in [0.15, 0.2) is 48.5 Å². The number of carbonyl (C=O) groups excluding carboxylic acids is 1. The first-order chi connectivity index (χ1) is 11.0. The van der Waals surface area contributed by atoms with Gasteiger partial charge in [0.1, 0.15) is 5.82 Å². The van der Waals surface area contributed by atoms with Crippen molar-refractivity contribution in [2.75, 3.05) is 19.0 Å². The Morgan fingerprint density at radius 1 is 1.13 bits per heavy atom. The minimum Gasteiger partial charge on any atom is -0.378 e. The number of hydrogen-bond acceptors (Lipinski definition) is 3. The van der Waals surface area contributed by atoms with Gasteiger partial charge in [-0.15, -0.1) is 0 Å². The molecule has 0 bridgehead atoms. The van der Waals surface area contributed by atoms with Crippen LogP contribution in [0.25, 0.3) is 11.0 Å². The summed E-state index contributed by atoms with van der Waals surface area (Å²) < 4.78 is 0. The second-order valence-corrected chi connectivity index (χ2v) is 5.78. The number of H-pyrrole nitrogens is 1. The molecular formula is C18H20N4O. The smallest absolute Gasteiger partial charge is 0.251 e. The van der Waals surface area contributed by atoms with Gasteiger partial charge in [0, 0.05) is 25.3 Å². The maximum absolute atomic E-state index is 12.4. The van der Waals surface area contributed by atoms with E-state index in [1.54, 1.807) is 0 Å². The molecule has 23 heavy (non-hydrogen) atoms. The van der Waals surface area contributed by atoms with Crippen LogP contribution in [0.3, 0.4) is 0 Å². The van der Waals surface area contributed by atoms with Crippen molar-refractivity contribution in [3.63, 3.8) is 0 Å². The Morgan fingerprint density at radius 3 is 2.48 bits per heavy atom. The summed E-state index contributed by atoms with van der Waals surface area (Å²) in [4.78, 5) is 22.1. The van der Waals surface area contributed by atoms with Gasteiger partial charge < -0.3 is 15.2 Å². The molecule has 0 saturated carbocycles. The van der Waals surface area contributed by atoms with Gasteiger partial charge in [0.05, 0.1) is 17.1 Å². The third-order valence-corrected chi connectivity index (χ3v) is 3.81. The second-order valence-electron chi connectivity index (χ2n) is 5.78. The molecule has 1 atom stereocenters. The summed E-state index contributed by atoms with van der Waals surface area (Å²) in [5.41, 5.74) is 3.57. The van der Waals surface area contributed by atoms with Gasteiger partial charge >= 0.3 is 0 Å². The zero-order valence-electron chi connectivity index (χ0n) is 13.5. The van der Waals surface area contributed by atoms with Crippen LogP contribution in [0, 0.1) is 0 Å². The Kier molecular flexibility index (Phi) is 4.02. The average molecular weight is 308 g/mol. The molecule has 0 saturated heterocycles. The minimum absolute atomic E-state index is 0.108. The third-order valence-electron chi connectivity index (χ3n) is 3.81. The Morgan fingerprint density at radius 2 is 1.83 bits per heavy atom. The van der Waals surface area contributed by atoms with Crippen molar-refractivity contribution in [2.24, 2.45) is 0 Å². The molecular weight excluding hydrogens is 288 g/mol. The number of imidazole rings is 1. The van der Waals surface area contributed by atoms with Crippen LogP contribution >= 0.6 is 0 Å². The molecule has 118 valence electrons. The normalized spacial score (nSPS) is 12.1. The first-order valence-electron chi connectivity index (χ1n) is 7.57. The van der Waals surface area contributed by atoms with Gasteiger partial charge in [-0.2, -0.15) is 0 Å². The molecule has 0 spiro atoms. The van der Waals surface area contributed by atoms with Crippen LogP contribution in [-0.4, -0.2) is 30.0 Å². The first kappa shape index (κ1) is 15.1. The van der Waals surface area contributed by atoms with E-state index in [4.69, 9.17) is 0 Å². The van der Waals surface area contributed by atoms with Gasteiger partial charge in [-0.25, -0.2) is 4.98 Å². The topological polar surface area (TPSA) is 61.0 Å². The summed E-state index contributed by atoms with van der Waals surface area (Å²) in [6.45, 7) is 1.92. The van der Waals surface area contributed by atoms with Crippen LogP contribution in [0.2, 0.25) is 0 Å². The predicted molar refractivity (Wildman–Crippen MR) is 92.7 cm³/mol. The molecule has 3 rings (SSSR count). The average Bonchev–Trinajstić information content (AvgIpc) is 2.99. The molecule has 1 aromatic heterocycles. The van der Waals surface area contributed by atoms with E-state index in [2.05, 4.69) is 15.3 Å². The Bertz CT molecular complexity index is 787. The summed E-state index contributed by atoms with van der Waals surface area (Å²) in [5, 5.41) is 2.98. The van der Waals surface area contributed by atoms with Gasteiger partial charge in [0.25, 0.3) is 5.91 Å². The monoisotopic (exact) mass is 308 g/mol. The van der Waals surface area contributed by atoms with Crippen LogP contribution in [0.5, 0.6) is 0 Å². The zero-order valence-corrected chi connectivity index (χ0v) is 13.5. The quantitative estimate of drug-likeness (QED) is 0.778. The summed E-state index contributed by atoms with van der Waals surface area (Å²) in [6.07, 6.45) is 0. The Balaban J connectivity index is 1.73. The number of benzene rings is 2. The molecule has 2 N–H and O–H groups in total. The number of carbonyl (C=O) groups is 1. The van der Waals surface area contributed by atoms with Crippen molar-refractivity contribution in [3.8, 4) is 0 Å². The first-order valence-corrected chi connectivity index (χ1v) is 7.57. The maximum atomic E-state index is 12.4. The number of nitrogens with one attached hydrogen (secondary N) is 2. The van der Waals surface area contributed by atoms with E-state index in [-0.39, 0.29) is 11.9 Å². The van der Waals surface area contributed by atoms with Crippen molar-refractivity contribution >= 4 is 22.6 Å². The van der Waals surface area contributed by atoms with Gasteiger partial charge in [-0.3, -0.25) is 4.79 Å². The van der Waals surface area contributed by atoms with Crippen LogP contribution in [0.4, 0.5) is 5.69 Å². The van der Waals surface area contributed by atoms with Crippen LogP contribution < -0.4 is 10.2 Å². The lowest BCUT2D eigenvalue weighted by Crippen LogP contribution is -2.27. The predicted octanol–water partition coefficient (Wildman–Crippen LogP) is 3.12. The van der Waals surface area contributed by atoms with E-state index in [1.807, 2.05) is 74.4 Å². The number of rotatable bonds is 4. The molecule has 0 aliphatic rings. The standard InChI is InChI=1S/C18H20N4O/c1-12(17-20-15-6-4-5-7-16(15)21-17)19-18(23)13-8-10-14(11-9-13)22(2)3/h4-12H,1-3H3,(H,19,23)(H,20,21)/t12-/m1/s1.